The zero-order valence-corrected chi connectivity index (χ0v) is 11.8. The van der Waals surface area contributed by atoms with E-state index in [1.54, 1.807) is 24.3 Å². The summed E-state index contributed by atoms with van der Waals surface area (Å²) in [6, 6.07) is 12.7. The van der Waals surface area contributed by atoms with Crippen LogP contribution in [0.1, 0.15) is 11.1 Å². The Morgan fingerprint density at radius 3 is 2.59 bits per heavy atom. The number of hydrogen-bond donors (Lipinski definition) is 2. The first kappa shape index (κ1) is 15.4. The third-order valence-electron chi connectivity index (χ3n) is 2.71. The summed E-state index contributed by atoms with van der Waals surface area (Å²) >= 11 is 0. The Labute approximate surface area is 126 Å². The number of hydrogen-bond acceptors (Lipinski definition) is 3. The molecule has 2 aromatic carbocycles. The van der Waals surface area contributed by atoms with Gasteiger partial charge in [0.05, 0.1) is 6.21 Å². The molecule has 0 aromatic heterocycles. The van der Waals surface area contributed by atoms with Crippen molar-refractivity contribution in [2.24, 2.45) is 5.10 Å². The van der Waals surface area contributed by atoms with E-state index in [1.165, 1.54) is 24.4 Å². The van der Waals surface area contributed by atoms with Crippen molar-refractivity contribution in [3.8, 4) is 0 Å². The Kier molecular flexibility index (Phi) is 4.98. The van der Waals surface area contributed by atoms with Crippen LogP contribution in [0, 0.1) is 12.7 Å². The minimum atomic E-state index is -0.908. The first-order valence-corrected chi connectivity index (χ1v) is 6.51. The lowest BCUT2D eigenvalue weighted by Gasteiger charge is -2.04. The van der Waals surface area contributed by atoms with Crippen molar-refractivity contribution in [2.45, 2.75) is 6.92 Å². The lowest BCUT2D eigenvalue weighted by Crippen LogP contribution is -2.32. The molecule has 2 rings (SSSR count). The molecule has 0 heterocycles. The molecule has 0 bridgehead atoms. The number of nitrogens with zero attached hydrogens (tertiary/aromatic N) is 1. The smallest absolute Gasteiger partial charge is 0.318 e. The molecule has 0 radical (unpaired) electrons. The number of carbonyl (C=O) groups is 2. The Balaban J connectivity index is 1.90. The molecular formula is C16H14FN3O2. The van der Waals surface area contributed by atoms with Crippen molar-refractivity contribution in [3.05, 3.63) is 65.5 Å². The van der Waals surface area contributed by atoms with E-state index in [9.17, 15) is 14.0 Å². The van der Waals surface area contributed by atoms with Gasteiger partial charge in [0.1, 0.15) is 5.82 Å². The van der Waals surface area contributed by atoms with Gasteiger partial charge in [0.2, 0.25) is 0 Å². The van der Waals surface area contributed by atoms with Gasteiger partial charge in [0.15, 0.2) is 0 Å². The summed E-state index contributed by atoms with van der Waals surface area (Å²) in [5.41, 5.74) is 4.04. The lowest BCUT2D eigenvalue weighted by atomic mass is 10.2. The first-order chi connectivity index (χ1) is 10.5. The Bertz CT molecular complexity index is 729. The maximum Gasteiger partial charge on any atom is 0.329 e. The summed E-state index contributed by atoms with van der Waals surface area (Å²) in [4.78, 5) is 23.2. The van der Waals surface area contributed by atoms with Crippen LogP contribution in [0.3, 0.4) is 0 Å². The molecule has 0 saturated carbocycles. The van der Waals surface area contributed by atoms with E-state index in [0.717, 1.165) is 5.56 Å². The van der Waals surface area contributed by atoms with Gasteiger partial charge in [-0.2, -0.15) is 5.10 Å². The molecule has 22 heavy (non-hydrogen) atoms. The van der Waals surface area contributed by atoms with Gasteiger partial charge in [-0.3, -0.25) is 9.59 Å². The van der Waals surface area contributed by atoms with E-state index >= 15 is 0 Å². The molecule has 2 N–H and O–H groups in total. The van der Waals surface area contributed by atoms with Crippen LogP contribution in [0.2, 0.25) is 0 Å². The number of aryl methyl sites for hydroxylation is 1. The van der Waals surface area contributed by atoms with Gasteiger partial charge in [-0.05, 0) is 42.3 Å². The van der Waals surface area contributed by atoms with Crippen molar-refractivity contribution in [1.82, 2.24) is 5.43 Å². The predicted molar refractivity (Wildman–Crippen MR) is 81.9 cm³/mol. The third kappa shape index (κ3) is 4.52. The second-order valence-electron chi connectivity index (χ2n) is 4.58. The first-order valence-electron chi connectivity index (χ1n) is 6.51. The van der Waals surface area contributed by atoms with Crippen LogP contribution in [0.5, 0.6) is 0 Å². The van der Waals surface area contributed by atoms with Crippen LogP contribution in [-0.2, 0) is 9.59 Å². The maximum atomic E-state index is 12.9. The highest BCUT2D eigenvalue weighted by molar-refractivity contribution is 6.39. The Morgan fingerprint density at radius 1 is 1.09 bits per heavy atom. The van der Waals surface area contributed by atoms with Crippen LogP contribution in [0.25, 0.3) is 0 Å². The SMILES string of the molecule is Cc1cccc(NC(=O)C(=O)N/N=C\c2cccc(F)c2)c1. The van der Waals surface area contributed by atoms with Gasteiger partial charge in [0.25, 0.3) is 0 Å². The number of halogens is 1. The number of anilines is 1. The largest absolute Gasteiger partial charge is 0.329 e. The second-order valence-corrected chi connectivity index (χ2v) is 4.58. The summed E-state index contributed by atoms with van der Waals surface area (Å²) in [5, 5.41) is 6.07. The molecule has 0 spiro atoms. The molecule has 0 fully saturated rings. The average molecular weight is 299 g/mol. The van der Waals surface area contributed by atoms with Gasteiger partial charge in [-0.25, -0.2) is 9.82 Å². The number of benzene rings is 2. The van der Waals surface area contributed by atoms with Crippen molar-refractivity contribution >= 4 is 23.7 Å². The van der Waals surface area contributed by atoms with Crippen molar-refractivity contribution < 1.29 is 14.0 Å². The quantitative estimate of drug-likeness (QED) is 0.518. The third-order valence-corrected chi connectivity index (χ3v) is 2.71. The zero-order valence-electron chi connectivity index (χ0n) is 11.8. The molecule has 2 amide bonds. The summed E-state index contributed by atoms with van der Waals surface area (Å²) in [6.07, 6.45) is 1.25. The number of rotatable bonds is 3. The van der Waals surface area contributed by atoms with Crippen molar-refractivity contribution in [3.63, 3.8) is 0 Å². The van der Waals surface area contributed by atoms with E-state index in [2.05, 4.69) is 15.8 Å². The molecular weight excluding hydrogens is 285 g/mol. The number of carbonyl (C=O) groups excluding carboxylic acids is 2. The van der Waals surface area contributed by atoms with Gasteiger partial charge in [0, 0.05) is 5.69 Å². The fourth-order valence-corrected chi connectivity index (χ4v) is 1.71. The minimum absolute atomic E-state index is 0.410. The maximum absolute atomic E-state index is 12.9. The van der Waals surface area contributed by atoms with Gasteiger partial charge in [-0.1, -0.05) is 24.3 Å². The molecule has 5 nitrogen and oxygen atoms in total. The van der Waals surface area contributed by atoms with Gasteiger partial charge in [-0.15, -0.1) is 0 Å². The summed E-state index contributed by atoms with van der Waals surface area (Å²) in [7, 11) is 0. The topological polar surface area (TPSA) is 70.6 Å². The zero-order chi connectivity index (χ0) is 15.9. The average Bonchev–Trinajstić information content (AvgIpc) is 2.47. The highest BCUT2D eigenvalue weighted by Crippen LogP contribution is 2.09. The van der Waals surface area contributed by atoms with Crippen molar-refractivity contribution in [1.29, 1.82) is 0 Å². The minimum Gasteiger partial charge on any atom is -0.318 e. The molecule has 0 aliphatic heterocycles. The molecule has 0 unspecified atom stereocenters. The van der Waals surface area contributed by atoms with E-state index in [0.29, 0.717) is 11.3 Å². The highest BCUT2D eigenvalue weighted by atomic mass is 19.1. The molecule has 0 saturated heterocycles. The Morgan fingerprint density at radius 2 is 1.86 bits per heavy atom. The van der Waals surface area contributed by atoms with E-state index in [4.69, 9.17) is 0 Å². The molecule has 2 aromatic rings. The Hall–Kier alpha value is -3.02. The lowest BCUT2D eigenvalue weighted by molar-refractivity contribution is -0.136. The van der Waals surface area contributed by atoms with E-state index < -0.39 is 17.6 Å². The van der Waals surface area contributed by atoms with Gasteiger partial charge < -0.3 is 5.32 Å². The highest BCUT2D eigenvalue weighted by Gasteiger charge is 2.12. The number of nitrogens with one attached hydrogen (secondary N) is 2. The van der Waals surface area contributed by atoms with E-state index in [1.807, 2.05) is 13.0 Å². The number of hydrazone groups is 1. The number of amides is 2. The van der Waals surface area contributed by atoms with Crippen LogP contribution >= 0.6 is 0 Å². The van der Waals surface area contributed by atoms with Crippen LogP contribution < -0.4 is 10.7 Å². The van der Waals surface area contributed by atoms with E-state index in [-0.39, 0.29) is 0 Å². The predicted octanol–water partition coefficient (Wildman–Crippen LogP) is 2.22. The molecule has 6 heteroatoms. The second kappa shape index (κ2) is 7.12. The van der Waals surface area contributed by atoms with Gasteiger partial charge >= 0.3 is 11.8 Å². The molecule has 0 aliphatic rings. The summed E-state index contributed by atoms with van der Waals surface area (Å²) in [6.45, 7) is 1.87. The molecule has 0 aliphatic carbocycles. The summed E-state index contributed by atoms with van der Waals surface area (Å²) in [5.74, 6) is -2.15. The van der Waals surface area contributed by atoms with Crippen LogP contribution in [-0.4, -0.2) is 18.0 Å². The van der Waals surface area contributed by atoms with Crippen LogP contribution in [0.4, 0.5) is 10.1 Å². The molecule has 0 atom stereocenters. The fraction of sp³-hybridized carbons (Fsp3) is 0.0625. The monoisotopic (exact) mass is 299 g/mol. The normalized spacial score (nSPS) is 10.5. The fourth-order valence-electron chi connectivity index (χ4n) is 1.71. The van der Waals surface area contributed by atoms with Crippen LogP contribution in [0.15, 0.2) is 53.6 Å². The van der Waals surface area contributed by atoms with Crippen molar-refractivity contribution in [2.75, 3.05) is 5.32 Å². The molecule has 112 valence electrons. The standard InChI is InChI=1S/C16H14FN3O2/c1-11-4-2-7-14(8-11)19-15(21)16(22)20-18-10-12-5-3-6-13(17)9-12/h2-10H,1H3,(H,19,21)(H,20,22)/b18-10-. The summed E-state index contributed by atoms with van der Waals surface area (Å²) < 4.78 is 12.9.